The van der Waals surface area contributed by atoms with Gasteiger partial charge in [0.05, 0.1) is 22.4 Å². The SMILES string of the molecule is C=CCN1C(=O)c2ccc(C(=O)OC(C)C(=O)Nc3ccccc3F)cc2C1=O. The summed E-state index contributed by atoms with van der Waals surface area (Å²) in [7, 11) is 0. The quantitative estimate of drug-likeness (QED) is 0.460. The number of amides is 3. The number of nitrogens with zero attached hydrogens (tertiary/aromatic N) is 1. The lowest BCUT2D eigenvalue weighted by Gasteiger charge is -2.14. The minimum absolute atomic E-state index is 0.0101. The maximum atomic E-state index is 13.6. The second-order valence-corrected chi connectivity index (χ2v) is 6.29. The summed E-state index contributed by atoms with van der Waals surface area (Å²) in [5, 5.41) is 2.34. The molecule has 2 aromatic rings. The van der Waals surface area contributed by atoms with Crippen LogP contribution in [0.5, 0.6) is 0 Å². The molecule has 29 heavy (non-hydrogen) atoms. The fraction of sp³-hybridized carbons (Fsp3) is 0.143. The number of anilines is 1. The van der Waals surface area contributed by atoms with E-state index in [4.69, 9.17) is 4.74 Å². The molecule has 1 unspecified atom stereocenters. The molecule has 0 aromatic heterocycles. The first-order valence-electron chi connectivity index (χ1n) is 8.71. The Hall–Kier alpha value is -3.81. The fourth-order valence-corrected chi connectivity index (χ4v) is 2.79. The van der Waals surface area contributed by atoms with E-state index in [1.54, 1.807) is 6.07 Å². The highest BCUT2D eigenvalue weighted by molar-refractivity contribution is 6.22. The van der Waals surface area contributed by atoms with Gasteiger partial charge in [-0.3, -0.25) is 19.3 Å². The van der Waals surface area contributed by atoms with Gasteiger partial charge in [0.1, 0.15) is 5.82 Å². The maximum Gasteiger partial charge on any atom is 0.338 e. The van der Waals surface area contributed by atoms with Crippen molar-refractivity contribution in [1.29, 1.82) is 0 Å². The maximum absolute atomic E-state index is 13.6. The number of carbonyl (C=O) groups excluding carboxylic acids is 4. The van der Waals surface area contributed by atoms with Crippen LogP contribution in [-0.4, -0.2) is 41.2 Å². The smallest absolute Gasteiger partial charge is 0.338 e. The second-order valence-electron chi connectivity index (χ2n) is 6.29. The number of hydrogen-bond donors (Lipinski definition) is 1. The molecule has 1 aliphatic heterocycles. The van der Waals surface area contributed by atoms with E-state index in [1.807, 2.05) is 0 Å². The first kappa shape index (κ1) is 19.9. The summed E-state index contributed by atoms with van der Waals surface area (Å²) in [6.07, 6.45) is 0.206. The first-order chi connectivity index (χ1) is 13.8. The lowest BCUT2D eigenvalue weighted by molar-refractivity contribution is -0.123. The molecule has 1 aliphatic rings. The molecule has 148 valence electrons. The average molecular weight is 396 g/mol. The number of ether oxygens (including phenoxy) is 1. The van der Waals surface area contributed by atoms with Gasteiger partial charge >= 0.3 is 5.97 Å². The topological polar surface area (TPSA) is 92.8 Å². The zero-order valence-electron chi connectivity index (χ0n) is 15.5. The van der Waals surface area contributed by atoms with E-state index in [1.165, 1.54) is 49.4 Å². The number of imide groups is 1. The van der Waals surface area contributed by atoms with Crippen LogP contribution in [0.15, 0.2) is 55.1 Å². The van der Waals surface area contributed by atoms with E-state index in [2.05, 4.69) is 11.9 Å². The molecule has 1 N–H and O–H groups in total. The van der Waals surface area contributed by atoms with E-state index in [0.717, 1.165) is 4.90 Å². The second kappa shape index (κ2) is 8.05. The molecule has 7 nitrogen and oxygen atoms in total. The summed E-state index contributed by atoms with van der Waals surface area (Å²) in [5.74, 6) is -3.20. The highest BCUT2D eigenvalue weighted by Crippen LogP contribution is 2.24. The Morgan fingerprint density at radius 3 is 2.55 bits per heavy atom. The largest absolute Gasteiger partial charge is 0.449 e. The van der Waals surface area contributed by atoms with Crippen molar-refractivity contribution in [2.75, 3.05) is 11.9 Å². The minimum atomic E-state index is -1.22. The Balaban J connectivity index is 1.71. The zero-order valence-corrected chi connectivity index (χ0v) is 15.5. The van der Waals surface area contributed by atoms with Crippen LogP contribution in [0.3, 0.4) is 0 Å². The molecule has 0 spiro atoms. The molecule has 2 aromatic carbocycles. The van der Waals surface area contributed by atoms with Crippen molar-refractivity contribution in [2.24, 2.45) is 0 Å². The van der Waals surface area contributed by atoms with Gasteiger partial charge < -0.3 is 10.1 Å². The van der Waals surface area contributed by atoms with Crippen LogP contribution in [0.2, 0.25) is 0 Å². The molecule has 1 atom stereocenters. The van der Waals surface area contributed by atoms with Gasteiger partial charge in [0.15, 0.2) is 6.10 Å². The number of carbonyl (C=O) groups is 4. The van der Waals surface area contributed by atoms with Crippen molar-refractivity contribution >= 4 is 29.4 Å². The van der Waals surface area contributed by atoms with Crippen molar-refractivity contribution in [3.8, 4) is 0 Å². The predicted octanol–water partition coefficient (Wildman–Crippen LogP) is 2.79. The van der Waals surface area contributed by atoms with Crippen molar-refractivity contribution < 1.29 is 28.3 Å². The van der Waals surface area contributed by atoms with Crippen LogP contribution in [0.25, 0.3) is 0 Å². The van der Waals surface area contributed by atoms with Crippen LogP contribution >= 0.6 is 0 Å². The Morgan fingerprint density at radius 2 is 1.86 bits per heavy atom. The summed E-state index contributed by atoms with van der Waals surface area (Å²) in [6.45, 7) is 4.89. The Labute approximate surface area is 165 Å². The van der Waals surface area contributed by atoms with E-state index in [-0.39, 0.29) is 28.9 Å². The van der Waals surface area contributed by atoms with Gasteiger partial charge in [0, 0.05) is 6.54 Å². The van der Waals surface area contributed by atoms with Gasteiger partial charge in [-0.15, -0.1) is 6.58 Å². The van der Waals surface area contributed by atoms with Gasteiger partial charge in [0.25, 0.3) is 17.7 Å². The normalized spacial score (nSPS) is 13.7. The highest BCUT2D eigenvalue weighted by Gasteiger charge is 2.35. The van der Waals surface area contributed by atoms with Crippen molar-refractivity contribution in [3.05, 3.63) is 77.6 Å². The molecule has 3 rings (SSSR count). The average Bonchev–Trinajstić information content (AvgIpc) is 2.94. The molecule has 0 aliphatic carbocycles. The predicted molar refractivity (Wildman–Crippen MR) is 102 cm³/mol. The summed E-state index contributed by atoms with van der Waals surface area (Å²) in [4.78, 5) is 50.1. The number of para-hydroxylation sites is 1. The Bertz CT molecular complexity index is 1030. The Kier molecular flexibility index (Phi) is 5.54. The third-order valence-corrected chi connectivity index (χ3v) is 4.30. The highest BCUT2D eigenvalue weighted by atomic mass is 19.1. The number of rotatable bonds is 6. The lowest BCUT2D eigenvalue weighted by atomic mass is 10.1. The van der Waals surface area contributed by atoms with Crippen molar-refractivity contribution in [1.82, 2.24) is 4.90 Å². The minimum Gasteiger partial charge on any atom is -0.449 e. The van der Waals surface area contributed by atoms with Crippen molar-refractivity contribution in [2.45, 2.75) is 13.0 Å². The van der Waals surface area contributed by atoms with Crippen LogP contribution in [-0.2, 0) is 9.53 Å². The number of fused-ring (bicyclic) bond motifs is 1. The Morgan fingerprint density at radius 1 is 1.17 bits per heavy atom. The number of nitrogens with one attached hydrogen (secondary N) is 1. The molecule has 0 bridgehead atoms. The molecule has 3 amide bonds. The van der Waals surface area contributed by atoms with Crippen LogP contribution < -0.4 is 5.32 Å². The van der Waals surface area contributed by atoms with Crippen molar-refractivity contribution in [3.63, 3.8) is 0 Å². The fourth-order valence-electron chi connectivity index (χ4n) is 2.79. The molecule has 0 radical (unpaired) electrons. The van der Waals surface area contributed by atoms with Crippen LogP contribution in [0.1, 0.15) is 38.0 Å². The van der Waals surface area contributed by atoms with Crippen LogP contribution in [0.4, 0.5) is 10.1 Å². The van der Waals surface area contributed by atoms with E-state index in [9.17, 15) is 23.6 Å². The molecule has 0 fully saturated rings. The number of hydrogen-bond acceptors (Lipinski definition) is 5. The first-order valence-corrected chi connectivity index (χ1v) is 8.71. The number of halogens is 1. The number of benzene rings is 2. The van der Waals surface area contributed by atoms with Gasteiger partial charge in [-0.05, 0) is 37.3 Å². The number of esters is 1. The molecular weight excluding hydrogens is 379 g/mol. The zero-order chi connectivity index (χ0) is 21.1. The summed E-state index contributed by atoms with van der Waals surface area (Å²) in [6, 6.07) is 9.54. The van der Waals surface area contributed by atoms with E-state index in [0.29, 0.717) is 0 Å². The summed E-state index contributed by atoms with van der Waals surface area (Å²) < 4.78 is 18.7. The summed E-state index contributed by atoms with van der Waals surface area (Å²) >= 11 is 0. The van der Waals surface area contributed by atoms with E-state index >= 15 is 0 Å². The van der Waals surface area contributed by atoms with Gasteiger partial charge in [-0.2, -0.15) is 0 Å². The molecule has 8 heteroatoms. The molecule has 1 heterocycles. The molecule has 0 saturated heterocycles. The van der Waals surface area contributed by atoms with Gasteiger partial charge in [0.2, 0.25) is 0 Å². The molecular formula is C21H17FN2O5. The summed E-state index contributed by atoms with van der Waals surface area (Å²) in [5.41, 5.74) is 0.230. The third-order valence-electron chi connectivity index (χ3n) is 4.30. The monoisotopic (exact) mass is 396 g/mol. The lowest BCUT2D eigenvalue weighted by Crippen LogP contribution is -2.30. The molecule has 0 saturated carbocycles. The third kappa shape index (κ3) is 3.91. The van der Waals surface area contributed by atoms with E-state index < -0.39 is 35.6 Å². The van der Waals surface area contributed by atoms with Crippen LogP contribution in [0, 0.1) is 5.82 Å². The van der Waals surface area contributed by atoms with Gasteiger partial charge in [-0.25, -0.2) is 9.18 Å². The standard InChI is InChI=1S/C21H17FN2O5/c1-3-10-24-19(26)14-9-8-13(11-15(14)20(24)27)21(28)29-12(2)18(25)23-17-7-5-4-6-16(17)22/h3-9,11-12H,1,10H2,2H3,(H,23,25). The van der Waals surface area contributed by atoms with Gasteiger partial charge in [-0.1, -0.05) is 18.2 Å².